The Labute approximate surface area is 143 Å². The normalized spacial score (nSPS) is 11.0. The highest BCUT2D eigenvalue weighted by molar-refractivity contribution is 9.10. The topological polar surface area (TPSA) is 46.4 Å². The van der Waals surface area contributed by atoms with E-state index in [0.29, 0.717) is 12.2 Å². The number of carbonyl (C=O) groups excluding carboxylic acids is 1. The van der Waals surface area contributed by atoms with Gasteiger partial charge in [0.15, 0.2) is 5.65 Å². The van der Waals surface area contributed by atoms with Crippen molar-refractivity contribution >= 4 is 27.5 Å². The molecule has 0 fully saturated rings. The summed E-state index contributed by atoms with van der Waals surface area (Å²) >= 11 is 3.51. The molecule has 1 N–H and O–H groups in total. The Morgan fingerprint density at radius 1 is 1.17 bits per heavy atom. The Morgan fingerprint density at radius 3 is 2.57 bits per heavy atom. The van der Waals surface area contributed by atoms with Crippen molar-refractivity contribution in [3.63, 3.8) is 0 Å². The van der Waals surface area contributed by atoms with Crippen molar-refractivity contribution in [3.05, 3.63) is 69.1 Å². The quantitative estimate of drug-likeness (QED) is 0.757. The third kappa shape index (κ3) is 3.15. The molecule has 0 radical (unpaired) electrons. The lowest BCUT2D eigenvalue weighted by molar-refractivity contribution is 0.0944. The number of rotatable bonds is 3. The highest BCUT2D eigenvalue weighted by Crippen LogP contribution is 2.22. The molecule has 0 aliphatic rings. The Bertz CT molecular complexity index is 881. The van der Waals surface area contributed by atoms with Crippen LogP contribution in [0.15, 0.2) is 41.0 Å². The average molecular weight is 372 g/mol. The van der Waals surface area contributed by atoms with E-state index in [1.165, 1.54) is 5.56 Å². The summed E-state index contributed by atoms with van der Waals surface area (Å²) in [5.74, 6) is -0.118. The Kier molecular flexibility index (Phi) is 4.22. The van der Waals surface area contributed by atoms with E-state index in [9.17, 15) is 4.79 Å². The Balaban J connectivity index is 1.89. The summed E-state index contributed by atoms with van der Waals surface area (Å²) in [4.78, 5) is 17.1. The van der Waals surface area contributed by atoms with Gasteiger partial charge in [0, 0.05) is 12.7 Å². The fourth-order valence-corrected chi connectivity index (χ4v) is 3.23. The zero-order chi connectivity index (χ0) is 16.6. The van der Waals surface area contributed by atoms with Gasteiger partial charge in [-0.3, -0.25) is 9.20 Å². The van der Waals surface area contributed by atoms with Gasteiger partial charge in [-0.2, -0.15) is 0 Å². The van der Waals surface area contributed by atoms with Crippen LogP contribution in [0, 0.1) is 20.8 Å². The number of hydrogen-bond acceptors (Lipinski definition) is 2. The molecule has 5 heteroatoms. The van der Waals surface area contributed by atoms with Crippen LogP contribution >= 0.6 is 15.9 Å². The number of imidazole rings is 1. The maximum atomic E-state index is 12.6. The number of benzene rings is 1. The minimum Gasteiger partial charge on any atom is -0.347 e. The molecule has 118 valence electrons. The van der Waals surface area contributed by atoms with Crippen LogP contribution in [0.2, 0.25) is 0 Å². The third-order valence-corrected chi connectivity index (χ3v) is 4.36. The summed E-state index contributed by atoms with van der Waals surface area (Å²) < 4.78 is 2.73. The number of carbonyl (C=O) groups is 1. The van der Waals surface area contributed by atoms with E-state index < -0.39 is 0 Å². The van der Waals surface area contributed by atoms with Crippen LogP contribution in [0.5, 0.6) is 0 Å². The molecule has 3 rings (SSSR count). The SMILES string of the molecule is Cc1ccc(CNC(=O)c2c(C)nc3c(Br)cc(C)cn23)cc1. The Hall–Kier alpha value is -2.14. The van der Waals surface area contributed by atoms with Crippen LogP contribution in [-0.2, 0) is 6.54 Å². The van der Waals surface area contributed by atoms with E-state index >= 15 is 0 Å². The molecule has 0 bridgehead atoms. The summed E-state index contributed by atoms with van der Waals surface area (Å²) in [5.41, 5.74) is 5.41. The van der Waals surface area contributed by atoms with Gasteiger partial charge in [0.25, 0.3) is 5.91 Å². The third-order valence-electron chi connectivity index (χ3n) is 3.77. The number of pyridine rings is 1. The number of halogens is 1. The molecular formula is C18H18BrN3O. The van der Waals surface area contributed by atoms with Crippen molar-refractivity contribution in [2.24, 2.45) is 0 Å². The second kappa shape index (κ2) is 6.16. The van der Waals surface area contributed by atoms with Gasteiger partial charge >= 0.3 is 0 Å². The highest BCUT2D eigenvalue weighted by atomic mass is 79.9. The molecule has 2 aromatic heterocycles. The molecule has 0 aliphatic heterocycles. The van der Waals surface area contributed by atoms with Crippen LogP contribution in [0.25, 0.3) is 5.65 Å². The van der Waals surface area contributed by atoms with Crippen LogP contribution in [0.1, 0.15) is 32.9 Å². The minimum atomic E-state index is -0.118. The first-order chi connectivity index (χ1) is 11.0. The van der Waals surface area contributed by atoms with Gasteiger partial charge in [-0.05, 0) is 53.9 Å². The van der Waals surface area contributed by atoms with E-state index in [4.69, 9.17) is 0 Å². The molecule has 0 saturated heterocycles. The molecule has 23 heavy (non-hydrogen) atoms. The summed E-state index contributed by atoms with van der Waals surface area (Å²) in [5, 5.41) is 2.98. The minimum absolute atomic E-state index is 0.118. The van der Waals surface area contributed by atoms with Gasteiger partial charge < -0.3 is 5.32 Å². The van der Waals surface area contributed by atoms with Crippen molar-refractivity contribution in [1.29, 1.82) is 0 Å². The monoisotopic (exact) mass is 371 g/mol. The zero-order valence-corrected chi connectivity index (χ0v) is 14.9. The first-order valence-corrected chi connectivity index (χ1v) is 8.23. The van der Waals surface area contributed by atoms with Gasteiger partial charge in [-0.1, -0.05) is 29.8 Å². The van der Waals surface area contributed by atoms with E-state index in [-0.39, 0.29) is 5.91 Å². The molecule has 0 unspecified atom stereocenters. The van der Waals surface area contributed by atoms with Crippen molar-refractivity contribution < 1.29 is 4.79 Å². The first-order valence-electron chi connectivity index (χ1n) is 7.44. The fourth-order valence-electron chi connectivity index (χ4n) is 2.59. The van der Waals surface area contributed by atoms with E-state index in [2.05, 4.69) is 26.2 Å². The molecular weight excluding hydrogens is 354 g/mol. The maximum absolute atomic E-state index is 12.6. The molecule has 0 aliphatic carbocycles. The number of aryl methyl sites for hydroxylation is 3. The van der Waals surface area contributed by atoms with Gasteiger partial charge in [0.05, 0.1) is 10.2 Å². The fraction of sp³-hybridized carbons (Fsp3) is 0.222. The van der Waals surface area contributed by atoms with Crippen LogP contribution in [-0.4, -0.2) is 15.3 Å². The summed E-state index contributed by atoms with van der Waals surface area (Å²) in [7, 11) is 0. The number of nitrogens with zero attached hydrogens (tertiary/aromatic N) is 2. The second-order valence-corrected chi connectivity index (χ2v) is 6.63. The molecule has 3 aromatic rings. The summed E-state index contributed by atoms with van der Waals surface area (Å²) in [6, 6.07) is 10.1. The van der Waals surface area contributed by atoms with E-state index in [0.717, 1.165) is 26.9 Å². The average Bonchev–Trinajstić information content (AvgIpc) is 2.83. The van der Waals surface area contributed by atoms with Crippen molar-refractivity contribution in [1.82, 2.24) is 14.7 Å². The van der Waals surface area contributed by atoms with Crippen molar-refractivity contribution in [3.8, 4) is 0 Å². The maximum Gasteiger partial charge on any atom is 0.270 e. The molecule has 1 aromatic carbocycles. The summed E-state index contributed by atoms with van der Waals surface area (Å²) in [6.45, 7) is 6.40. The largest absolute Gasteiger partial charge is 0.347 e. The van der Waals surface area contributed by atoms with Gasteiger partial charge in [-0.25, -0.2) is 4.98 Å². The zero-order valence-electron chi connectivity index (χ0n) is 13.4. The number of hydrogen-bond donors (Lipinski definition) is 1. The molecule has 4 nitrogen and oxygen atoms in total. The van der Waals surface area contributed by atoms with Crippen molar-refractivity contribution in [2.45, 2.75) is 27.3 Å². The van der Waals surface area contributed by atoms with Gasteiger partial charge in [0.2, 0.25) is 0 Å². The lowest BCUT2D eigenvalue weighted by Crippen LogP contribution is -2.25. The summed E-state index contributed by atoms with van der Waals surface area (Å²) in [6.07, 6.45) is 1.93. The van der Waals surface area contributed by atoms with E-state index in [1.54, 1.807) is 0 Å². The number of fused-ring (bicyclic) bond motifs is 1. The number of aromatic nitrogens is 2. The first kappa shape index (κ1) is 15.7. The van der Waals surface area contributed by atoms with E-state index in [1.807, 2.05) is 61.7 Å². The second-order valence-electron chi connectivity index (χ2n) is 5.77. The molecule has 1 amide bonds. The standard InChI is InChI=1S/C18H18BrN3O/c1-11-4-6-14(7-5-11)9-20-18(23)16-13(3)21-17-15(19)8-12(2)10-22(16)17/h4-8,10H,9H2,1-3H3,(H,20,23). The predicted octanol–water partition coefficient (Wildman–Crippen LogP) is 3.95. The predicted molar refractivity (Wildman–Crippen MR) is 94.7 cm³/mol. The highest BCUT2D eigenvalue weighted by Gasteiger charge is 2.18. The van der Waals surface area contributed by atoms with Crippen LogP contribution in [0.4, 0.5) is 0 Å². The lowest BCUT2D eigenvalue weighted by Gasteiger charge is -2.07. The number of nitrogens with one attached hydrogen (secondary N) is 1. The van der Waals surface area contributed by atoms with Gasteiger partial charge in [-0.15, -0.1) is 0 Å². The lowest BCUT2D eigenvalue weighted by atomic mass is 10.1. The van der Waals surface area contributed by atoms with Crippen LogP contribution in [0.3, 0.4) is 0 Å². The van der Waals surface area contributed by atoms with Gasteiger partial charge in [0.1, 0.15) is 5.69 Å². The van der Waals surface area contributed by atoms with Crippen molar-refractivity contribution in [2.75, 3.05) is 0 Å². The smallest absolute Gasteiger partial charge is 0.270 e. The molecule has 2 heterocycles. The molecule has 0 saturated carbocycles. The number of amides is 1. The van der Waals surface area contributed by atoms with Crippen LogP contribution < -0.4 is 5.32 Å². The molecule has 0 atom stereocenters. The Morgan fingerprint density at radius 2 is 1.87 bits per heavy atom. The molecule has 0 spiro atoms.